The topological polar surface area (TPSA) is 92.8 Å². The molecule has 9 heteroatoms. The lowest BCUT2D eigenvalue weighted by Crippen LogP contribution is -2.34. The van der Waals surface area contributed by atoms with E-state index >= 15 is 0 Å². The van der Waals surface area contributed by atoms with E-state index in [0.717, 1.165) is 11.3 Å². The zero-order valence-electron chi connectivity index (χ0n) is 14.5. The number of amides is 1. The summed E-state index contributed by atoms with van der Waals surface area (Å²) in [6.07, 6.45) is 0. The van der Waals surface area contributed by atoms with E-state index in [1.807, 2.05) is 13.8 Å². The third kappa shape index (κ3) is 4.83. The normalized spacial score (nSPS) is 11.0. The number of ether oxygens (including phenoxy) is 1. The lowest BCUT2D eigenvalue weighted by atomic mass is 10.2. The fraction of sp³-hybridized carbons (Fsp3) is 0.294. The molecule has 1 aromatic carbocycles. The zero-order valence-corrected chi connectivity index (χ0v) is 16.1. The minimum atomic E-state index is -3.79. The second-order valence-electron chi connectivity index (χ2n) is 5.23. The number of nitrogens with one attached hydrogen (secondary N) is 1. The van der Waals surface area contributed by atoms with Crippen LogP contribution in [0.2, 0.25) is 0 Å². The SMILES string of the molecule is CCN(CC)C(=O)COC(=O)c1ccccc1NS(=O)(=O)c1cccs1. The lowest BCUT2D eigenvalue weighted by molar-refractivity contribution is -0.134. The van der Waals surface area contributed by atoms with Crippen molar-refractivity contribution < 1.29 is 22.7 Å². The Morgan fingerprint density at radius 1 is 1.12 bits per heavy atom. The average molecular weight is 396 g/mol. The van der Waals surface area contributed by atoms with Crippen LogP contribution in [0.3, 0.4) is 0 Å². The largest absolute Gasteiger partial charge is 0.452 e. The molecule has 0 atom stereocenters. The number of carbonyl (C=O) groups excluding carboxylic acids is 2. The zero-order chi connectivity index (χ0) is 19.2. The van der Waals surface area contributed by atoms with Crippen molar-refractivity contribution in [2.75, 3.05) is 24.4 Å². The first-order valence-corrected chi connectivity index (χ1v) is 10.4. The van der Waals surface area contributed by atoms with Crippen LogP contribution in [-0.4, -0.2) is 44.9 Å². The lowest BCUT2D eigenvalue weighted by Gasteiger charge is -2.18. The summed E-state index contributed by atoms with van der Waals surface area (Å²) in [7, 11) is -3.79. The van der Waals surface area contributed by atoms with Crippen LogP contribution in [0, 0.1) is 0 Å². The number of esters is 1. The molecule has 1 N–H and O–H groups in total. The molecule has 2 aromatic rings. The molecule has 1 amide bonds. The van der Waals surface area contributed by atoms with Crippen LogP contribution in [0.5, 0.6) is 0 Å². The quantitative estimate of drug-likeness (QED) is 0.692. The summed E-state index contributed by atoms with van der Waals surface area (Å²) in [6.45, 7) is 4.30. The third-order valence-electron chi connectivity index (χ3n) is 3.59. The molecule has 0 saturated carbocycles. The van der Waals surface area contributed by atoms with Crippen molar-refractivity contribution in [2.24, 2.45) is 0 Å². The van der Waals surface area contributed by atoms with Crippen LogP contribution in [0.4, 0.5) is 5.69 Å². The summed E-state index contributed by atoms with van der Waals surface area (Å²) in [5.41, 5.74) is 0.140. The highest BCUT2D eigenvalue weighted by molar-refractivity contribution is 7.94. The Kier molecular flexibility index (Phi) is 6.76. The van der Waals surface area contributed by atoms with Gasteiger partial charge in [-0.1, -0.05) is 18.2 Å². The van der Waals surface area contributed by atoms with Gasteiger partial charge in [0.05, 0.1) is 11.3 Å². The van der Waals surface area contributed by atoms with Crippen LogP contribution in [-0.2, 0) is 19.6 Å². The molecule has 0 aliphatic heterocycles. The van der Waals surface area contributed by atoms with Crippen molar-refractivity contribution in [3.63, 3.8) is 0 Å². The number of anilines is 1. The van der Waals surface area contributed by atoms with Crippen molar-refractivity contribution in [2.45, 2.75) is 18.1 Å². The number of rotatable bonds is 8. The van der Waals surface area contributed by atoms with E-state index in [4.69, 9.17) is 4.74 Å². The Hall–Kier alpha value is -2.39. The first kappa shape index (κ1) is 19.9. The van der Waals surface area contributed by atoms with Crippen LogP contribution < -0.4 is 4.72 Å². The molecule has 0 unspecified atom stereocenters. The molecule has 26 heavy (non-hydrogen) atoms. The van der Waals surface area contributed by atoms with Gasteiger partial charge in [-0.3, -0.25) is 9.52 Å². The monoisotopic (exact) mass is 396 g/mol. The van der Waals surface area contributed by atoms with E-state index in [0.29, 0.717) is 13.1 Å². The maximum Gasteiger partial charge on any atom is 0.340 e. The highest BCUT2D eigenvalue weighted by Crippen LogP contribution is 2.23. The second-order valence-corrected chi connectivity index (χ2v) is 8.08. The maximum absolute atomic E-state index is 12.4. The van der Waals surface area contributed by atoms with Gasteiger partial charge in [0.1, 0.15) is 4.21 Å². The number of nitrogens with zero attached hydrogens (tertiary/aromatic N) is 1. The van der Waals surface area contributed by atoms with E-state index in [-0.39, 0.29) is 21.4 Å². The summed E-state index contributed by atoms with van der Waals surface area (Å²) in [5, 5.41) is 1.65. The van der Waals surface area contributed by atoms with Gasteiger partial charge in [-0.25, -0.2) is 13.2 Å². The number of hydrogen-bond acceptors (Lipinski definition) is 6. The predicted octanol–water partition coefficient (Wildman–Crippen LogP) is 2.57. The highest BCUT2D eigenvalue weighted by Gasteiger charge is 2.21. The van der Waals surface area contributed by atoms with Crippen molar-refractivity contribution >= 4 is 38.9 Å². The fourth-order valence-electron chi connectivity index (χ4n) is 2.23. The molecule has 2 rings (SSSR count). The number of carbonyl (C=O) groups is 2. The van der Waals surface area contributed by atoms with Crippen molar-refractivity contribution in [3.05, 3.63) is 47.3 Å². The molecule has 1 aromatic heterocycles. The summed E-state index contributed by atoms with van der Waals surface area (Å²) in [5.74, 6) is -1.07. The summed E-state index contributed by atoms with van der Waals surface area (Å²) in [6, 6.07) is 9.19. The van der Waals surface area contributed by atoms with Crippen LogP contribution >= 0.6 is 11.3 Å². The van der Waals surface area contributed by atoms with Gasteiger partial charge < -0.3 is 9.64 Å². The molecule has 0 radical (unpaired) electrons. The van der Waals surface area contributed by atoms with Crippen LogP contribution in [0.25, 0.3) is 0 Å². The Bertz CT molecular complexity index is 859. The molecule has 0 fully saturated rings. The van der Waals surface area contributed by atoms with E-state index in [1.165, 1.54) is 18.2 Å². The molecule has 0 bridgehead atoms. The second kappa shape index (κ2) is 8.81. The standard InChI is InChI=1S/C17H20N2O5S2/c1-3-19(4-2)15(20)12-24-17(21)13-8-5-6-9-14(13)18-26(22,23)16-10-7-11-25-16/h5-11,18H,3-4,12H2,1-2H3. The van der Waals surface area contributed by atoms with E-state index in [1.54, 1.807) is 28.5 Å². The Balaban J connectivity index is 2.13. The molecule has 0 aliphatic carbocycles. The van der Waals surface area contributed by atoms with Crippen molar-refractivity contribution in [1.29, 1.82) is 0 Å². The van der Waals surface area contributed by atoms with E-state index < -0.39 is 22.6 Å². The fourth-order valence-corrected chi connectivity index (χ4v) is 4.31. The van der Waals surface area contributed by atoms with Crippen LogP contribution in [0.15, 0.2) is 46.0 Å². The average Bonchev–Trinajstić information content (AvgIpc) is 3.16. The number of para-hydroxylation sites is 1. The molecule has 140 valence electrons. The predicted molar refractivity (Wildman–Crippen MR) is 99.8 cm³/mol. The van der Waals surface area contributed by atoms with Crippen molar-refractivity contribution in [3.8, 4) is 0 Å². The first-order valence-electron chi connectivity index (χ1n) is 7.99. The number of thiophene rings is 1. The smallest absolute Gasteiger partial charge is 0.340 e. The number of hydrogen-bond donors (Lipinski definition) is 1. The van der Waals surface area contributed by atoms with Crippen LogP contribution in [0.1, 0.15) is 24.2 Å². The molecule has 1 heterocycles. The third-order valence-corrected chi connectivity index (χ3v) is 6.36. The molecule has 7 nitrogen and oxygen atoms in total. The number of benzene rings is 1. The Labute approximate surface area is 156 Å². The van der Waals surface area contributed by atoms with Gasteiger partial charge in [0.25, 0.3) is 15.9 Å². The first-order chi connectivity index (χ1) is 12.4. The number of likely N-dealkylation sites (N-methyl/N-ethyl adjacent to an activating group) is 1. The van der Waals surface area contributed by atoms with Gasteiger partial charge in [-0.2, -0.15) is 0 Å². The van der Waals surface area contributed by atoms with Gasteiger partial charge in [-0.05, 0) is 37.4 Å². The summed E-state index contributed by atoms with van der Waals surface area (Å²) < 4.78 is 32.3. The van der Waals surface area contributed by atoms with Crippen molar-refractivity contribution in [1.82, 2.24) is 4.90 Å². The van der Waals surface area contributed by atoms with Gasteiger partial charge in [0.2, 0.25) is 0 Å². The number of sulfonamides is 1. The molecule has 0 saturated heterocycles. The van der Waals surface area contributed by atoms with E-state index in [2.05, 4.69) is 4.72 Å². The molecule has 0 aliphatic rings. The molecule has 0 spiro atoms. The summed E-state index contributed by atoms with van der Waals surface area (Å²) in [4.78, 5) is 25.8. The maximum atomic E-state index is 12.4. The summed E-state index contributed by atoms with van der Waals surface area (Å²) >= 11 is 1.07. The highest BCUT2D eigenvalue weighted by atomic mass is 32.2. The molecular weight excluding hydrogens is 376 g/mol. The van der Waals surface area contributed by atoms with E-state index in [9.17, 15) is 18.0 Å². The minimum absolute atomic E-state index is 0.0416. The van der Waals surface area contributed by atoms with Gasteiger partial charge >= 0.3 is 5.97 Å². The van der Waals surface area contributed by atoms with Gasteiger partial charge in [-0.15, -0.1) is 11.3 Å². The van der Waals surface area contributed by atoms with Gasteiger partial charge in [0, 0.05) is 13.1 Å². The van der Waals surface area contributed by atoms with Gasteiger partial charge in [0.15, 0.2) is 6.61 Å². The minimum Gasteiger partial charge on any atom is -0.452 e. The Morgan fingerprint density at radius 3 is 2.42 bits per heavy atom. The molecular formula is C17H20N2O5S2. The Morgan fingerprint density at radius 2 is 1.81 bits per heavy atom.